The summed E-state index contributed by atoms with van der Waals surface area (Å²) >= 11 is 0. The van der Waals surface area contributed by atoms with E-state index in [1.165, 1.54) is 0 Å². The van der Waals surface area contributed by atoms with Crippen molar-refractivity contribution in [3.8, 4) is 0 Å². The van der Waals surface area contributed by atoms with Crippen molar-refractivity contribution in [3.05, 3.63) is 30.1 Å². The Morgan fingerprint density at radius 2 is 2.24 bits per heavy atom. The summed E-state index contributed by atoms with van der Waals surface area (Å²) in [5, 5.41) is 12.3. The average Bonchev–Trinajstić information content (AvgIpc) is 2.46. The number of hydrogen-bond donors (Lipinski definition) is 2. The predicted molar refractivity (Wildman–Crippen MR) is 78.7 cm³/mol. The van der Waals surface area contributed by atoms with Crippen LogP contribution in [0.25, 0.3) is 0 Å². The molecule has 0 radical (unpaired) electrons. The number of nitrogens with one attached hydrogen (secondary N) is 1. The maximum Gasteiger partial charge on any atom is 0.308 e. The number of hydrogen-bond acceptors (Lipinski definition) is 3. The summed E-state index contributed by atoms with van der Waals surface area (Å²) in [6.45, 7) is 1.85. The van der Waals surface area contributed by atoms with Crippen LogP contribution in [0.5, 0.6) is 0 Å². The molecule has 2 atom stereocenters. The van der Waals surface area contributed by atoms with Crippen LogP contribution in [0, 0.1) is 5.92 Å². The molecule has 2 unspecified atom stereocenters. The van der Waals surface area contributed by atoms with Gasteiger partial charge in [-0.1, -0.05) is 18.9 Å². The first kappa shape index (κ1) is 15.5. The van der Waals surface area contributed by atoms with Crippen LogP contribution in [-0.4, -0.2) is 27.5 Å². The minimum absolute atomic E-state index is 0.101. The quantitative estimate of drug-likeness (QED) is 0.871. The third-order valence-corrected chi connectivity index (χ3v) is 4.27. The summed E-state index contributed by atoms with van der Waals surface area (Å²) in [7, 11) is 0. The first-order valence-corrected chi connectivity index (χ1v) is 7.45. The van der Waals surface area contributed by atoms with Crippen LogP contribution in [-0.2, 0) is 16.0 Å². The summed E-state index contributed by atoms with van der Waals surface area (Å²) in [4.78, 5) is 27.7. The van der Waals surface area contributed by atoms with Gasteiger partial charge in [-0.15, -0.1) is 0 Å². The van der Waals surface area contributed by atoms with Crippen molar-refractivity contribution in [1.82, 2.24) is 10.3 Å². The van der Waals surface area contributed by atoms with Gasteiger partial charge in [0.1, 0.15) is 0 Å². The van der Waals surface area contributed by atoms with E-state index in [0.717, 1.165) is 25.0 Å². The molecule has 1 amide bonds. The zero-order chi connectivity index (χ0) is 15.3. The number of amides is 1. The zero-order valence-corrected chi connectivity index (χ0v) is 12.3. The lowest BCUT2D eigenvalue weighted by Crippen LogP contribution is -2.55. The third kappa shape index (κ3) is 4.03. The second kappa shape index (κ2) is 6.70. The Morgan fingerprint density at radius 3 is 2.90 bits per heavy atom. The first-order chi connectivity index (χ1) is 10.0. The molecular weight excluding hydrogens is 268 g/mol. The molecule has 21 heavy (non-hydrogen) atoms. The van der Waals surface area contributed by atoms with Crippen molar-refractivity contribution in [1.29, 1.82) is 0 Å². The van der Waals surface area contributed by atoms with Gasteiger partial charge >= 0.3 is 5.97 Å². The van der Waals surface area contributed by atoms with Gasteiger partial charge in [0.2, 0.25) is 5.91 Å². The standard InChI is InChI=1S/C16H22N2O3/c1-16(10-4-2-7-13(16)15(20)21)18-14(19)9-8-12-6-3-5-11-17-12/h3,5-6,11,13H,2,4,7-10H2,1H3,(H,18,19)(H,20,21). The Kier molecular flexibility index (Phi) is 4.94. The number of carboxylic acids is 1. The van der Waals surface area contributed by atoms with Crippen molar-refractivity contribution >= 4 is 11.9 Å². The van der Waals surface area contributed by atoms with Crippen LogP contribution in [0.2, 0.25) is 0 Å². The molecule has 1 heterocycles. The maximum absolute atomic E-state index is 12.1. The molecule has 1 aliphatic carbocycles. The number of aryl methyl sites for hydroxylation is 1. The van der Waals surface area contributed by atoms with Gasteiger partial charge in [-0.25, -0.2) is 0 Å². The number of aromatic nitrogens is 1. The van der Waals surface area contributed by atoms with Crippen LogP contribution in [0.4, 0.5) is 0 Å². The summed E-state index contributed by atoms with van der Waals surface area (Å²) in [6.07, 6.45) is 5.83. The Hall–Kier alpha value is -1.91. The lowest BCUT2D eigenvalue weighted by molar-refractivity contribution is -0.146. The van der Waals surface area contributed by atoms with Crippen LogP contribution in [0.1, 0.15) is 44.7 Å². The van der Waals surface area contributed by atoms with E-state index in [-0.39, 0.29) is 5.91 Å². The number of aliphatic carboxylic acids is 1. The van der Waals surface area contributed by atoms with E-state index >= 15 is 0 Å². The van der Waals surface area contributed by atoms with Gasteiger partial charge in [0.25, 0.3) is 0 Å². The zero-order valence-electron chi connectivity index (χ0n) is 12.3. The van der Waals surface area contributed by atoms with Crippen molar-refractivity contribution < 1.29 is 14.7 Å². The highest BCUT2D eigenvalue weighted by molar-refractivity contribution is 5.79. The van der Waals surface area contributed by atoms with E-state index in [0.29, 0.717) is 19.3 Å². The largest absolute Gasteiger partial charge is 0.481 e. The molecule has 1 aromatic heterocycles. The maximum atomic E-state index is 12.1. The molecule has 5 nitrogen and oxygen atoms in total. The Morgan fingerprint density at radius 1 is 1.43 bits per heavy atom. The normalized spacial score (nSPS) is 25.3. The van der Waals surface area contributed by atoms with Gasteiger partial charge in [-0.3, -0.25) is 14.6 Å². The van der Waals surface area contributed by atoms with E-state index in [1.54, 1.807) is 6.20 Å². The topological polar surface area (TPSA) is 79.3 Å². The van der Waals surface area contributed by atoms with E-state index < -0.39 is 17.4 Å². The first-order valence-electron chi connectivity index (χ1n) is 7.45. The predicted octanol–water partition coefficient (Wildman–Crippen LogP) is 2.16. The fraction of sp³-hybridized carbons (Fsp3) is 0.562. The van der Waals surface area contributed by atoms with Crippen molar-refractivity contribution in [2.45, 2.75) is 51.0 Å². The second-order valence-corrected chi connectivity index (χ2v) is 5.92. The number of rotatable bonds is 5. The van der Waals surface area contributed by atoms with Crippen LogP contribution < -0.4 is 5.32 Å². The Balaban J connectivity index is 1.92. The monoisotopic (exact) mass is 290 g/mol. The summed E-state index contributed by atoms with van der Waals surface area (Å²) in [5.74, 6) is -1.41. The molecule has 1 aromatic rings. The fourth-order valence-electron chi connectivity index (χ4n) is 3.05. The van der Waals surface area contributed by atoms with Crippen molar-refractivity contribution in [3.63, 3.8) is 0 Å². The minimum atomic E-state index is -0.817. The SMILES string of the molecule is CC1(NC(=O)CCc2ccccn2)CCCCC1C(=O)O. The van der Waals surface area contributed by atoms with Gasteiger partial charge < -0.3 is 10.4 Å². The molecule has 0 saturated heterocycles. The highest BCUT2D eigenvalue weighted by atomic mass is 16.4. The number of pyridine rings is 1. The van der Waals surface area contributed by atoms with E-state index in [9.17, 15) is 14.7 Å². The molecule has 2 rings (SSSR count). The molecule has 0 spiro atoms. The molecule has 0 aliphatic heterocycles. The number of carboxylic acid groups (broad SMARTS) is 1. The van der Waals surface area contributed by atoms with Gasteiger partial charge in [-0.2, -0.15) is 0 Å². The highest BCUT2D eigenvalue weighted by Gasteiger charge is 2.41. The molecule has 1 saturated carbocycles. The number of nitrogens with zero attached hydrogens (tertiary/aromatic N) is 1. The second-order valence-electron chi connectivity index (χ2n) is 5.92. The van der Waals surface area contributed by atoms with Crippen LogP contribution in [0.3, 0.4) is 0 Å². The molecule has 1 aliphatic rings. The van der Waals surface area contributed by atoms with Crippen LogP contribution >= 0.6 is 0 Å². The van der Waals surface area contributed by atoms with Gasteiger partial charge in [0.15, 0.2) is 0 Å². The van der Waals surface area contributed by atoms with E-state index in [4.69, 9.17) is 0 Å². The van der Waals surface area contributed by atoms with Gasteiger partial charge in [-0.05, 0) is 38.3 Å². The van der Waals surface area contributed by atoms with E-state index in [2.05, 4.69) is 10.3 Å². The smallest absolute Gasteiger partial charge is 0.308 e. The summed E-state index contributed by atoms with van der Waals surface area (Å²) < 4.78 is 0. The molecule has 114 valence electrons. The fourth-order valence-corrected chi connectivity index (χ4v) is 3.05. The minimum Gasteiger partial charge on any atom is -0.481 e. The molecular formula is C16H22N2O3. The van der Waals surface area contributed by atoms with E-state index in [1.807, 2.05) is 25.1 Å². The highest BCUT2D eigenvalue weighted by Crippen LogP contribution is 2.33. The lowest BCUT2D eigenvalue weighted by Gasteiger charge is -2.39. The lowest BCUT2D eigenvalue weighted by atomic mass is 9.74. The van der Waals surface area contributed by atoms with Crippen molar-refractivity contribution in [2.75, 3.05) is 0 Å². The van der Waals surface area contributed by atoms with Gasteiger partial charge in [0, 0.05) is 18.3 Å². The number of carbonyl (C=O) groups excluding carboxylic acids is 1. The molecule has 2 N–H and O–H groups in total. The Bertz CT molecular complexity index is 504. The summed E-state index contributed by atoms with van der Waals surface area (Å²) in [6, 6.07) is 5.61. The molecule has 1 fully saturated rings. The molecule has 0 aromatic carbocycles. The average molecular weight is 290 g/mol. The number of carbonyl (C=O) groups is 2. The Labute approximate surface area is 124 Å². The third-order valence-electron chi connectivity index (χ3n) is 4.27. The van der Waals surface area contributed by atoms with Crippen LogP contribution in [0.15, 0.2) is 24.4 Å². The van der Waals surface area contributed by atoms with Crippen molar-refractivity contribution in [2.24, 2.45) is 5.92 Å². The molecule has 5 heteroatoms. The summed E-state index contributed by atoms with van der Waals surface area (Å²) in [5.41, 5.74) is 0.238. The molecule has 0 bridgehead atoms. The van der Waals surface area contributed by atoms with Gasteiger partial charge in [0.05, 0.1) is 11.5 Å².